The highest BCUT2D eigenvalue weighted by molar-refractivity contribution is 5.66. The van der Waals surface area contributed by atoms with Crippen LogP contribution >= 0.6 is 0 Å². The van der Waals surface area contributed by atoms with Gasteiger partial charge in [-0.1, -0.05) is 6.92 Å². The molecule has 7 heteroatoms. The van der Waals surface area contributed by atoms with Crippen molar-refractivity contribution in [1.82, 2.24) is 0 Å². The zero-order valence-corrected chi connectivity index (χ0v) is 9.15. The number of hydrogen-bond acceptors (Lipinski definition) is 6. The summed E-state index contributed by atoms with van der Waals surface area (Å²) in [6, 6.07) is 0. The molecule has 0 saturated heterocycles. The molecule has 0 rings (SSSR count). The predicted molar refractivity (Wildman–Crippen MR) is 54.7 cm³/mol. The fraction of sp³-hybridized carbons (Fsp3) is 0.889. The van der Waals surface area contributed by atoms with Crippen LogP contribution in [0.15, 0.2) is 0 Å². The fourth-order valence-corrected chi connectivity index (χ4v) is 0.686. The van der Waals surface area contributed by atoms with Crippen LogP contribution in [-0.2, 0) is 4.79 Å². The summed E-state index contributed by atoms with van der Waals surface area (Å²) < 4.78 is 0. The van der Waals surface area contributed by atoms with E-state index in [2.05, 4.69) is 0 Å². The number of aliphatic carboxylic acids is 1. The Hall–Kier alpha value is -0.730. The van der Waals surface area contributed by atoms with Crippen LogP contribution < -0.4 is 0 Å². The van der Waals surface area contributed by atoms with Crippen LogP contribution in [0.25, 0.3) is 0 Å². The summed E-state index contributed by atoms with van der Waals surface area (Å²) in [5.41, 5.74) is 0. The number of carboxylic acid groups (broad SMARTS) is 1. The molecule has 0 bridgehead atoms. The Bertz CT molecular complexity index is 163. The van der Waals surface area contributed by atoms with E-state index < -0.39 is 37.5 Å². The van der Waals surface area contributed by atoms with Crippen molar-refractivity contribution in [2.75, 3.05) is 13.2 Å². The summed E-state index contributed by atoms with van der Waals surface area (Å²) in [5, 5.41) is 50.5. The van der Waals surface area contributed by atoms with Crippen LogP contribution in [0, 0.1) is 0 Å². The van der Waals surface area contributed by atoms with Crippen molar-refractivity contribution in [2.45, 2.75) is 38.1 Å². The van der Waals surface area contributed by atoms with E-state index in [4.69, 9.17) is 30.6 Å². The highest BCUT2D eigenvalue weighted by Gasteiger charge is 2.22. The molecule has 0 aliphatic rings. The number of hydrogen-bond donors (Lipinski definition) is 6. The minimum absolute atomic E-state index is 0.292. The van der Waals surface area contributed by atoms with E-state index in [0.717, 1.165) is 6.42 Å². The highest BCUT2D eigenvalue weighted by Crippen LogP contribution is 1.98. The van der Waals surface area contributed by atoms with Crippen molar-refractivity contribution < 1.29 is 35.4 Å². The van der Waals surface area contributed by atoms with Crippen molar-refractivity contribution in [3.63, 3.8) is 0 Å². The van der Waals surface area contributed by atoms with Gasteiger partial charge in [0.05, 0.1) is 13.2 Å². The van der Waals surface area contributed by atoms with Crippen molar-refractivity contribution in [3.8, 4) is 0 Å². The van der Waals surface area contributed by atoms with Gasteiger partial charge in [0, 0.05) is 6.42 Å². The Kier molecular flexibility index (Phi) is 11.9. The zero-order valence-electron chi connectivity index (χ0n) is 9.15. The van der Waals surface area contributed by atoms with Gasteiger partial charge in [-0.25, -0.2) is 0 Å². The lowest BCUT2D eigenvalue weighted by Crippen LogP contribution is -2.41. The molecule has 0 unspecified atom stereocenters. The Labute approximate surface area is 93.6 Å². The lowest BCUT2D eigenvalue weighted by Gasteiger charge is -2.19. The molecule has 0 aromatic heterocycles. The lowest BCUT2D eigenvalue weighted by atomic mass is 10.1. The van der Waals surface area contributed by atoms with Gasteiger partial charge in [0.2, 0.25) is 0 Å². The van der Waals surface area contributed by atoms with Crippen LogP contribution in [0.4, 0.5) is 0 Å². The first-order valence-electron chi connectivity index (χ1n) is 4.88. The molecule has 0 fully saturated rings. The molecule has 0 aliphatic carbocycles. The van der Waals surface area contributed by atoms with Gasteiger partial charge in [-0.15, -0.1) is 0 Å². The molecule has 3 atom stereocenters. The molecule has 0 aromatic rings. The molecule has 0 saturated carbocycles. The summed E-state index contributed by atoms with van der Waals surface area (Å²) in [7, 11) is 0. The SMILES string of the molecule is CCCC(=O)O.OC[C@@H](O)[C@H](O)[C@@H](O)CO. The van der Waals surface area contributed by atoms with E-state index in [1.807, 2.05) is 6.92 Å². The molecule has 16 heavy (non-hydrogen) atoms. The summed E-state index contributed by atoms with van der Waals surface area (Å²) in [6.07, 6.45) is -3.27. The van der Waals surface area contributed by atoms with Crippen molar-refractivity contribution >= 4 is 5.97 Å². The van der Waals surface area contributed by atoms with Gasteiger partial charge < -0.3 is 30.6 Å². The number of carbonyl (C=O) groups is 1. The number of aliphatic hydroxyl groups is 5. The normalized spacial score (nSPS) is 15.6. The fourth-order valence-electron chi connectivity index (χ4n) is 0.686. The van der Waals surface area contributed by atoms with Gasteiger partial charge in [0.1, 0.15) is 18.3 Å². The van der Waals surface area contributed by atoms with Crippen molar-refractivity contribution in [2.24, 2.45) is 0 Å². The lowest BCUT2D eigenvalue weighted by molar-refractivity contribution is -0.137. The molecule has 7 nitrogen and oxygen atoms in total. The van der Waals surface area contributed by atoms with Crippen LogP contribution in [0.1, 0.15) is 19.8 Å². The van der Waals surface area contributed by atoms with Gasteiger partial charge in [-0.3, -0.25) is 4.79 Å². The maximum absolute atomic E-state index is 9.60. The predicted octanol–water partition coefficient (Wildman–Crippen LogP) is -2.08. The zero-order chi connectivity index (χ0) is 13.1. The minimum Gasteiger partial charge on any atom is -0.481 e. The average molecular weight is 240 g/mol. The van der Waals surface area contributed by atoms with E-state index >= 15 is 0 Å². The average Bonchev–Trinajstić information content (AvgIpc) is 2.26. The Morgan fingerprint density at radius 1 is 1.06 bits per heavy atom. The Balaban J connectivity index is 0. The van der Waals surface area contributed by atoms with E-state index in [-0.39, 0.29) is 0 Å². The first-order valence-corrected chi connectivity index (χ1v) is 4.88. The molecule has 0 amide bonds. The number of rotatable bonds is 6. The minimum atomic E-state index is -1.49. The van der Waals surface area contributed by atoms with Gasteiger partial charge in [0.25, 0.3) is 0 Å². The largest absolute Gasteiger partial charge is 0.481 e. The van der Waals surface area contributed by atoms with Gasteiger partial charge >= 0.3 is 5.97 Å². The topological polar surface area (TPSA) is 138 Å². The second-order valence-corrected chi connectivity index (χ2v) is 3.13. The summed E-state index contributed by atoms with van der Waals surface area (Å²) >= 11 is 0. The van der Waals surface area contributed by atoms with Crippen LogP contribution in [-0.4, -0.2) is 68.1 Å². The molecule has 6 N–H and O–H groups in total. The maximum atomic E-state index is 9.60. The van der Waals surface area contributed by atoms with Crippen LogP contribution in [0.2, 0.25) is 0 Å². The Morgan fingerprint density at radius 3 is 1.56 bits per heavy atom. The third kappa shape index (κ3) is 9.81. The van der Waals surface area contributed by atoms with Gasteiger partial charge in [-0.2, -0.15) is 0 Å². The summed E-state index contributed by atoms with van der Waals surface area (Å²) in [5.74, 6) is -0.711. The molecule has 0 aliphatic heterocycles. The second-order valence-electron chi connectivity index (χ2n) is 3.13. The molecule has 0 spiro atoms. The van der Waals surface area contributed by atoms with E-state index in [0.29, 0.717) is 6.42 Å². The van der Waals surface area contributed by atoms with Crippen LogP contribution in [0.5, 0.6) is 0 Å². The molecular weight excluding hydrogens is 220 g/mol. The smallest absolute Gasteiger partial charge is 0.303 e. The number of aliphatic hydroxyl groups excluding tert-OH is 5. The molecular formula is C9H20O7. The molecule has 0 aromatic carbocycles. The first kappa shape index (κ1) is 17.7. The summed E-state index contributed by atoms with van der Waals surface area (Å²) in [4.78, 5) is 9.60. The standard InChI is InChI=1S/C5H12O5.C4H8O2/c6-1-3(8)5(10)4(9)2-7;1-2-3-4(5)6/h3-10H,1-2H2;2-3H2,1H3,(H,5,6)/t3-,4+,5+;. The number of carboxylic acids is 1. The van der Waals surface area contributed by atoms with Crippen molar-refractivity contribution in [1.29, 1.82) is 0 Å². The highest BCUT2D eigenvalue weighted by atomic mass is 16.4. The van der Waals surface area contributed by atoms with Gasteiger partial charge in [0.15, 0.2) is 0 Å². The van der Waals surface area contributed by atoms with Crippen molar-refractivity contribution in [3.05, 3.63) is 0 Å². The van der Waals surface area contributed by atoms with Gasteiger partial charge in [-0.05, 0) is 6.42 Å². The Morgan fingerprint density at radius 2 is 1.44 bits per heavy atom. The first-order chi connectivity index (χ1) is 7.40. The van der Waals surface area contributed by atoms with Crippen LogP contribution in [0.3, 0.4) is 0 Å². The quantitative estimate of drug-likeness (QED) is 0.313. The molecule has 98 valence electrons. The third-order valence-corrected chi connectivity index (χ3v) is 1.63. The monoisotopic (exact) mass is 240 g/mol. The second kappa shape index (κ2) is 10.8. The van der Waals surface area contributed by atoms with E-state index in [1.54, 1.807) is 0 Å². The maximum Gasteiger partial charge on any atom is 0.303 e. The van der Waals surface area contributed by atoms with E-state index in [9.17, 15) is 4.79 Å². The van der Waals surface area contributed by atoms with E-state index in [1.165, 1.54) is 0 Å². The molecule has 0 radical (unpaired) electrons. The molecule has 0 heterocycles. The summed E-state index contributed by atoms with van der Waals surface area (Å²) in [6.45, 7) is 0.560. The third-order valence-electron chi connectivity index (χ3n) is 1.63.